The second-order valence-electron chi connectivity index (χ2n) is 7.05. The zero-order valence-electron chi connectivity index (χ0n) is 15.1. The average Bonchev–Trinajstić information content (AvgIpc) is 3.23. The summed E-state index contributed by atoms with van der Waals surface area (Å²) >= 11 is 0. The highest BCUT2D eigenvalue weighted by atomic mass is 19.1. The molecule has 0 saturated heterocycles. The summed E-state index contributed by atoms with van der Waals surface area (Å²) in [4.78, 5) is 24.4. The Kier molecular flexibility index (Phi) is 4.47. The van der Waals surface area contributed by atoms with Crippen molar-refractivity contribution in [2.75, 3.05) is 6.54 Å². The van der Waals surface area contributed by atoms with Gasteiger partial charge in [-0.25, -0.2) is 9.37 Å². The van der Waals surface area contributed by atoms with Crippen LogP contribution in [0.5, 0.6) is 0 Å². The van der Waals surface area contributed by atoms with E-state index in [4.69, 9.17) is 4.52 Å². The fourth-order valence-corrected chi connectivity index (χ4v) is 3.20. The van der Waals surface area contributed by atoms with Crippen LogP contribution < -0.4 is 5.32 Å². The van der Waals surface area contributed by atoms with Crippen LogP contribution in [0.4, 0.5) is 4.39 Å². The lowest BCUT2D eigenvalue weighted by atomic mass is 9.94. The smallest absolute Gasteiger partial charge is 0.271 e. The van der Waals surface area contributed by atoms with Gasteiger partial charge in [0.15, 0.2) is 5.82 Å². The number of halogens is 1. The lowest BCUT2D eigenvalue weighted by molar-refractivity contribution is 0.0950. The third kappa shape index (κ3) is 3.60. The van der Waals surface area contributed by atoms with Crippen molar-refractivity contribution in [1.82, 2.24) is 25.4 Å². The van der Waals surface area contributed by atoms with E-state index in [0.29, 0.717) is 42.6 Å². The van der Waals surface area contributed by atoms with Crippen molar-refractivity contribution in [2.45, 2.75) is 38.5 Å². The van der Waals surface area contributed by atoms with Crippen LogP contribution in [0.1, 0.15) is 65.0 Å². The Labute approximate surface area is 155 Å². The van der Waals surface area contributed by atoms with Crippen molar-refractivity contribution in [3.05, 3.63) is 64.6 Å². The largest absolute Gasteiger partial charge is 0.350 e. The Morgan fingerprint density at radius 1 is 1.26 bits per heavy atom. The number of nitrogens with one attached hydrogen (secondary N) is 2. The van der Waals surface area contributed by atoms with Gasteiger partial charge >= 0.3 is 0 Å². The minimum atomic E-state index is -0.276. The molecule has 3 heterocycles. The van der Waals surface area contributed by atoms with Gasteiger partial charge < -0.3 is 14.8 Å². The lowest BCUT2D eigenvalue weighted by Gasteiger charge is -2.14. The summed E-state index contributed by atoms with van der Waals surface area (Å²) in [6, 6.07) is 6.37. The van der Waals surface area contributed by atoms with Gasteiger partial charge in [0.2, 0.25) is 5.89 Å². The molecule has 0 unspecified atom stereocenters. The first-order valence-corrected chi connectivity index (χ1v) is 8.93. The standard InChI is InChI=1S/C19H20FN5O2/c1-10(2)19-24-16(25-27-19)8-15-22-14-7-12(9-21-18(26)17(14)23-15)11-3-5-13(20)6-4-11/h3-6,10,12H,7-9H2,1-2H3,(H,21,26)(H,22,23)/t12-/m0/s1. The van der Waals surface area contributed by atoms with E-state index in [1.165, 1.54) is 12.1 Å². The molecular weight excluding hydrogens is 349 g/mol. The molecule has 8 heteroatoms. The fraction of sp³-hybridized carbons (Fsp3) is 0.368. The van der Waals surface area contributed by atoms with Gasteiger partial charge in [0, 0.05) is 24.1 Å². The van der Waals surface area contributed by atoms with Gasteiger partial charge in [-0.1, -0.05) is 31.1 Å². The average molecular weight is 369 g/mol. The first-order valence-electron chi connectivity index (χ1n) is 8.93. The molecule has 0 spiro atoms. The molecule has 1 amide bonds. The molecule has 140 valence electrons. The molecule has 1 atom stereocenters. The summed E-state index contributed by atoms with van der Waals surface area (Å²) in [6.45, 7) is 4.44. The topological polar surface area (TPSA) is 96.7 Å². The molecule has 27 heavy (non-hydrogen) atoms. The molecule has 0 bridgehead atoms. The van der Waals surface area contributed by atoms with E-state index < -0.39 is 0 Å². The quantitative estimate of drug-likeness (QED) is 0.737. The molecule has 2 aromatic heterocycles. The Bertz CT molecular complexity index is 961. The zero-order chi connectivity index (χ0) is 19.0. The number of carbonyl (C=O) groups excluding carboxylic acids is 1. The Hall–Kier alpha value is -3.03. The minimum Gasteiger partial charge on any atom is -0.350 e. The van der Waals surface area contributed by atoms with Crippen molar-refractivity contribution < 1.29 is 13.7 Å². The van der Waals surface area contributed by atoms with Crippen LogP contribution in [-0.2, 0) is 12.8 Å². The Balaban J connectivity index is 1.57. The number of nitrogens with zero attached hydrogens (tertiary/aromatic N) is 3. The second kappa shape index (κ2) is 6.94. The monoisotopic (exact) mass is 369 g/mol. The van der Waals surface area contributed by atoms with E-state index in [9.17, 15) is 9.18 Å². The minimum absolute atomic E-state index is 0.0434. The predicted molar refractivity (Wildman–Crippen MR) is 95.0 cm³/mol. The maximum absolute atomic E-state index is 13.2. The van der Waals surface area contributed by atoms with Crippen LogP contribution >= 0.6 is 0 Å². The number of aromatic amines is 1. The number of fused-ring (bicyclic) bond motifs is 1. The van der Waals surface area contributed by atoms with Crippen molar-refractivity contribution in [1.29, 1.82) is 0 Å². The summed E-state index contributed by atoms with van der Waals surface area (Å²) in [5, 5.41) is 6.86. The maximum Gasteiger partial charge on any atom is 0.271 e. The van der Waals surface area contributed by atoms with Crippen molar-refractivity contribution in [3.8, 4) is 0 Å². The predicted octanol–water partition coefficient (Wildman–Crippen LogP) is 2.72. The van der Waals surface area contributed by atoms with E-state index in [-0.39, 0.29) is 23.6 Å². The second-order valence-corrected chi connectivity index (χ2v) is 7.05. The number of rotatable bonds is 4. The van der Waals surface area contributed by atoms with E-state index >= 15 is 0 Å². The Morgan fingerprint density at radius 3 is 2.74 bits per heavy atom. The first kappa shape index (κ1) is 17.4. The fourth-order valence-electron chi connectivity index (χ4n) is 3.20. The van der Waals surface area contributed by atoms with Gasteiger partial charge in [-0.2, -0.15) is 4.98 Å². The molecule has 1 aliphatic rings. The van der Waals surface area contributed by atoms with Gasteiger partial charge in [0.05, 0.1) is 6.42 Å². The number of hydrogen-bond donors (Lipinski definition) is 2. The highest BCUT2D eigenvalue weighted by Gasteiger charge is 2.26. The van der Waals surface area contributed by atoms with E-state index in [0.717, 1.165) is 11.3 Å². The molecule has 0 fully saturated rings. The van der Waals surface area contributed by atoms with Crippen molar-refractivity contribution in [2.24, 2.45) is 0 Å². The summed E-state index contributed by atoms with van der Waals surface area (Å²) in [5.74, 6) is 1.43. The van der Waals surface area contributed by atoms with Gasteiger partial charge in [-0.05, 0) is 24.1 Å². The summed E-state index contributed by atoms with van der Waals surface area (Å²) < 4.78 is 18.4. The number of H-pyrrole nitrogens is 1. The highest BCUT2D eigenvalue weighted by molar-refractivity contribution is 5.94. The van der Waals surface area contributed by atoms with Crippen LogP contribution in [0.15, 0.2) is 28.8 Å². The number of imidazole rings is 1. The number of carbonyl (C=O) groups is 1. The van der Waals surface area contributed by atoms with Crippen LogP contribution in [0, 0.1) is 5.82 Å². The number of benzene rings is 1. The van der Waals surface area contributed by atoms with Crippen LogP contribution in [-0.4, -0.2) is 32.6 Å². The first-order chi connectivity index (χ1) is 13.0. The molecule has 2 N–H and O–H groups in total. The molecule has 3 aromatic rings. The number of amides is 1. The van der Waals surface area contributed by atoms with Crippen LogP contribution in [0.2, 0.25) is 0 Å². The van der Waals surface area contributed by atoms with Gasteiger partial charge in [-0.15, -0.1) is 0 Å². The zero-order valence-corrected chi connectivity index (χ0v) is 15.1. The number of hydrogen-bond acceptors (Lipinski definition) is 5. The highest BCUT2D eigenvalue weighted by Crippen LogP contribution is 2.25. The van der Waals surface area contributed by atoms with E-state index in [1.54, 1.807) is 12.1 Å². The Morgan fingerprint density at radius 2 is 2.04 bits per heavy atom. The van der Waals surface area contributed by atoms with Gasteiger partial charge in [0.25, 0.3) is 5.91 Å². The molecule has 7 nitrogen and oxygen atoms in total. The van der Waals surface area contributed by atoms with Gasteiger partial charge in [-0.3, -0.25) is 4.79 Å². The molecule has 1 aliphatic heterocycles. The van der Waals surface area contributed by atoms with E-state index in [2.05, 4.69) is 25.4 Å². The lowest BCUT2D eigenvalue weighted by Crippen LogP contribution is -2.26. The van der Waals surface area contributed by atoms with Crippen LogP contribution in [0.25, 0.3) is 0 Å². The number of aromatic nitrogens is 4. The summed E-state index contributed by atoms with van der Waals surface area (Å²) in [6.07, 6.45) is 0.966. The molecule has 4 rings (SSSR count). The maximum atomic E-state index is 13.2. The molecule has 0 aliphatic carbocycles. The van der Waals surface area contributed by atoms with Crippen molar-refractivity contribution >= 4 is 5.91 Å². The third-order valence-corrected chi connectivity index (χ3v) is 4.65. The molecule has 1 aromatic carbocycles. The van der Waals surface area contributed by atoms with Crippen LogP contribution in [0.3, 0.4) is 0 Å². The van der Waals surface area contributed by atoms with Gasteiger partial charge in [0.1, 0.15) is 17.3 Å². The normalized spacial score (nSPS) is 16.9. The summed E-state index contributed by atoms with van der Waals surface area (Å²) in [5.41, 5.74) is 2.13. The summed E-state index contributed by atoms with van der Waals surface area (Å²) in [7, 11) is 0. The van der Waals surface area contributed by atoms with E-state index in [1.807, 2.05) is 13.8 Å². The third-order valence-electron chi connectivity index (χ3n) is 4.65. The molecule has 0 saturated carbocycles. The SMILES string of the molecule is CC(C)c1nc(Cc2nc3c([nH]2)C[C@H](c2ccc(F)cc2)CNC3=O)no1. The van der Waals surface area contributed by atoms with Crippen molar-refractivity contribution in [3.63, 3.8) is 0 Å². The molecular formula is C19H20FN5O2. The molecule has 0 radical (unpaired) electrons.